The van der Waals surface area contributed by atoms with E-state index in [0.29, 0.717) is 18.8 Å². The maximum Gasteiger partial charge on any atom is 0.229 e. The van der Waals surface area contributed by atoms with Gasteiger partial charge in [0.25, 0.3) is 0 Å². The zero-order valence-electron chi connectivity index (χ0n) is 8.79. The molecule has 0 radical (unpaired) electrons. The lowest BCUT2D eigenvalue weighted by molar-refractivity contribution is -0.117. The molecule has 84 valence electrons. The van der Waals surface area contributed by atoms with E-state index in [0.717, 1.165) is 0 Å². The lowest BCUT2D eigenvalue weighted by atomic mass is 10.4. The lowest BCUT2D eigenvalue weighted by Gasteiger charge is -2.13. The second-order valence-corrected chi connectivity index (χ2v) is 4.98. The average molecular weight is 237 g/mol. The SMILES string of the molecule is CC(=O)SC1CC(=O)N(c2cnccn2)C1. The van der Waals surface area contributed by atoms with Crippen LogP contribution in [-0.2, 0) is 9.59 Å². The van der Waals surface area contributed by atoms with E-state index >= 15 is 0 Å². The molecule has 1 atom stereocenters. The molecule has 0 N–H and O–H groups in total. The molecule has 0 spiro atoms. The molecule has 1 aromatic rings. The monoisotopic (exact) mass is 237 g/mol. The molecular weight excluding hydrogens is 226 g/mol. The fourth-order valence-electron chi connectivity index (χ4n) is 1.64. The maximum atomic E-state index is 11.7. The third-order valence-corrected chi connectivity index (χ3v) is 3.23. The molecule has 1 aliphatic heterocycles. The van der Waals surface area contributed by atoms with Crippen molar-refractivity contribution in [3.63, 3.8) is 0 Å². The number of amides is 1. The van der Waals surface area contributed by atoms with Crippen molar-refractivity contribution in [2.75, 3.05) is 11.4 Å². The predicted molar refractivity (Wildman–Crippen MR) is 61.1 cm³/mol. The summed E-state index contributed by atoms with van der Waals surface area (Å²) >= 11 is 1.21. The Kier molecular flexibility index (Phi) is 3.19. The highest BCUT2D eigenvalue weighted by molar-refractivity contribution is 8.14. The largest absolute Gasteiger partial charge is 0.294 e. The fraction of sp³-hybridized carbons (Fsp3) is 0.400. The van der Waals surface area contributed by atoms with E-state index in [1.165, 1.54) is 18.7 Å². The summed E-state index contributed by atoms with van der Waals surface area (Å²) in [5.41, 5.74) is 0. The Hall–Kier alpha value is -1.43. The summed E-state index contributed by atoms with van der Waals surface area (Å²) in [6.45, 7) is 2.04. The molecule has 1 saturated heterocycles. The van der Waals surface area contributed by atoms with Gasteiger partial charge >= 0.3 is 0 Å². The third-order valence-electron chi connectivity index (χ3n) is 2.25. The Morgan fingerprint density at radius 1 is 1.56 bits per heavy atom. The fourth-order valence-corrected chi connectivity index (χ4v) is 2.56. The summed E-state index contributed by atoms with van der Waals surface area (Å²) in [5, 5.41) is 0.0748. The summed E-state index contributed by atoms with van der Waals surface area (Å²) in [6, 6.07) is 0. The van der Waals surface area contributed by atoms with Crippen LogP contribution >= 0.6 is 11.8 Å². The highest BCUT2D eigenvalue weighted by Crippen LogP contribution is 2.26. The van der Waals surface area contributed by atoms with Gasteiger partial charge in [0, 0.05) is 37.5 Å². The molecule has 1 fully saturated rings. The predicted octanol–water partition coefficient (Wildman–Crippen LogP) is 0.862. The zero-order chi connectivity index (χ0) is 11.5. The molecule has 1 unspecified atom stereocenters. The van der Waals surface area contributed by atoms with Gasteiger partial charge in [0.05, 0.1) is 6.20 Å². The van der Waals surface area contributed by atoms with Gasteiger partial charge < -0.3 is 0 Å². The minimum Gasteiger partial charge on any atom is -0.294 e. The van der Waals surface area contributed by atoms with Crippen molar-refractivity contribution in [2.24, 2.45) is 0 Å². The van der Waals surface area contributed by atoms with E-state index < -0.39 is 0 Å². The zero-order valence-corrected chi connectivity index (χ0v) is 9.61. The quantitative estimate of drug-likeness (QED) is 0.763. The smallest absolute Gasteiger partial charge is 0.229 e. The van der Waals surface area contributed by atoms with Crippen molar-refractivity contribution in [3.8, 4) is 0 Å². The van der Waals surface area contributed by atoms with Crippen LogP contribution in [0, 0.1) is 0 Å². The molecule has 0 aromatic carbocycles. The number of rotatable bonds is 2. The second-order valence-electron chi connectivity index (χ2n) is 3.50. The molecule has 1 aromatic heterocycles. The van der Waals surface area contributed by atoms with E-state index in [2.05, 4.69) is 9.97 Å². The molecule has 1 aliphatic rings. The summed E-state index contributed by atoms with van der Waals surface area (Å²) in [4.78, 5) is 32.2. The number of hydrogen-bond donors (Lipinski definition) is 0. The first-order valence-electron chi connectivity index (χ1n) is 4.90. The number of carbonyl (C=O) groups is 2. The van der Waals surface area contributed by atoms with Gasteiger partial charge in [-0.2, -0.15) is 0 Å². The molecule has 0 bridgehead atoms. The Morgan fingerprint density at radius 3 is 3.00 bits per heavy atom. The van der Waals surface area contributed by atoms with Gasteiger partial charge in [-0.15, -0.1) is 0 Å². The summed E-state index contributed by atoms with van der Waals surface area (Å²) in [5.74, 6) is 0.554. The number of thioether (sulfide) groups is 1. The number of carbonyl (C=O) groups excluding carboxylic acids is 2. The molecule has 16 heavy (non-hydrogen) atoms. The van der Waals surface area contributed by atoms with E-state index in [-0.39, 0.29) is 16.3 Å². The van der Waals surface area contributed by atoms with Gasteiger partial charge in [-0.05, 0) is 0 Å². The maximum absolute atomic E-state index is 11.7. The van der Waals surface area contributed by atoms with E-state index in [1.807, 2.05) is 0 Å². The van der Waals surface area contributed by atoms with Crippen molar-refractivity contribution in [3.05, 3.63) is 18.6 Å². The average Bonchev–Trinajstić information content (AvgIpc) is 2.60. The van der Waals surface area contributed by atoms with E-state index in [9.17, 15) is 9.59 Å². The van der Waals surface area contributed by atoms with Crippen LogP contribution in [0.5, 0.6) is 0 Å². The van der Waals surface area contributed by atoms with Crippen LogP contribution in [0.2, 0.25) is 0 Å². The molecule has 0 aliphatic carbocycles. The van der Waals surface area contributed by atoms with Crippen molar-refractivity contribution < 1.29 is 9.59 Å². The molecule has 1 amide bonds. The highest BCUT2D eigenvalue weighted by Gasteiger charge is 2.32. The molecule has 0 saturated carbocycles. The Bertz CT molecular complexity index is 410. The molecular formula is C10H11N3O2S. The summed E-state index contributed by atoms with van der Waals surface area (Å²) < 4.78 is 0. The Balaban J connectivity index is 2.08. The number of nitrogens with zero attached hydrogens (tertiary/aromatic N) is 3. The van der Waals surface area contributed by atoms with Crippen LogP contribution in [-0.4, -0.2) is 32.8 Å². The molecule has 6 heteroatoms. The van der Waals surface area contributed by atoms with Crippen molar-refractivity contribution in [1.29, 1.82) is 0 Å². The van der Waals surface area contributed by atoms with Crippen LogP contribution < -0.4 is 4.90 Å². The van der Waals surface area contributed by atoms with E-state index in [4.69, 9.17) is 0 Å². The number of anilines is 1. The van der Waals surface area contributed by atoms with Crippen molar-refractivity contribution in [2.45, 2.75) is 18.6 Å². The topological polar surface area (TPSA) is 63.2 Å². The van der Waals surface area contributed by atoms with Gasteiger partial charge in [-0.25, -0.2) is 4.98 Å². The van der Waals surface area contributed by atoms with Gasteiger partial charge in [0.1, 0.15) is 0 Å². The van der Waals surface area contributed by atoms with Crippen LogP contribution in [0.4, 0.5) is 5.82 Å². The Labute approximate surface area is 97.3 Å². The van der Waals surface area contributed by atoms with Gasteiger partial charge in [0.2, 0.25) is 5.91 Å². The number of hydrogen-bond acceptors (Lipinski definition) is 5. The van der Waals surface area contributed by atoms with Crippen LogP contribution in [0.25, 0.3) is 0 Å². The molecule has 2 heterocycles. The van der Waals surface area contributed by atoms with Crippen molar-refractivity contribution >= 4 is 28.6 Å². The highest BCUT2D eigenvalue weighted by atomic mass is 32.2. The van der Waals surface area contributed by atoms with Crippen LogP contribution in [0.15, 0.2) is 18.6 Å². The first-order valence-corrected chi connectivity index (χ1v) is 5.78. The summed E-state index contributed by atoms with van der Waals surface area (Å²) in [6.07, 6.45) is 5.06. The second kappa shape index (κ2) is 4.61. The van der Waals surface area contributed by atoms with E-state index in [1.54, 1.807) is 23.5 Å². The van der Waals surface area contributed by atoms with Gasteiger partial charge in [-0.1, -0.05) is 11.8 Å². The third kappa shape index (κ3) is 2.38. The van der Waals surface area contributed by atoms with Crippen LogP contribution in [0.3, 0.4) is 0 Å². The molecule has 5 nitrogen and oxygen atoms in total. The normalized spacial score (nSPS) is 20.2. The van der Waals surface area contributed by atoms with Gasteiger partial charge in [0.15, 0.2) is 10.9 Å². The minimum absolute atomic E-state index is 0.000694. The first kappa shape index (κ1) is 11.1. The molecule has 2 rings (SSSR count). The van der Waals surface area contributed by atoms with Crippen molar-refractivity contribution in [1.82, 2.24) is 9.97 Å². The number of aromatic nitrogens is 2. The lowest BCUT2D eigenvalue weighted by Crippen LogP contribution is -2.25. The first-order chi connectivity index (χ1) is 7.66. The van der Waals surface area contributed by atoms with Crippen LogP contribution in [0.1, 0.15) is 13.3 Å². The summed E-state index contributed by atoms with van der Waals surface area (Å²) in [7, 11) is 0. The van der Waals surface area contributed by atoms with Gasteiger partial charge in [-0.3, -0.25) is 19.5 Å². The standard InChI is InChI=1S/C10H11N3O2S/c1-7(14)16-8-4-10(15)13(6-8)9-5-11-2-3-12-9/h2-3,5,8H,4,6H2,1H3. The minimum atomic E-state index is -0.000694. The Morgan fingerprint density at radius 2 is 2.38 bits per heavy atom.